The maximum atomic E-state index is 5.63. The summed E-state index contributed by atoms with van der Waals surface area (Å²) in [6.45, 7) is 8.88. The summed E-state index contributed by atoms with van der Waals surface area (Å²) in [5.74, 6) is 1.07. The SMILES string of the molecule is CCNC(=NCCCNc1ccccc1)N1CCC2(CCOC2)C1. The molecule has 0 bridgehead atoms. The molecule has 0 amide bonds. The van der Waals surface area contributed by atoms with Crippen LogP contribution in [0.2, 0.25) is 0 Å². The molecule has 1 atom stereocenters. The van der Waals surface area contributed by atoms with E-state index in [1.54, 1.807) is 0 Å². The highest BCUT2D eigenvalue weighted by Gasteiger charge is 2.42. The molecule has 1 aromatic carbocycles. The molecule has 1 unspecified atom stereocenters. The highest BCUT2D eigenvalue weighted by Crippen LogP contribution is 2.38. The lowest BCUT2D eigenvalue weighted by atomic mass is 9.87. The second-order valence-corrected chi connectivity index (χ2v) is 6.86. The van der Waals surface area contributed by atoms with Crippen molar-refractivity contribution in [3.8, 4) is 0 Å². The van der Waals surface area contributed by atoms with E-state index in [2.05, 4.69) is 46.7 Å². The number of nitrogens with one attached hydrogen (secondary N) is 2. The number of ether oxygens (including phenoxy) is 1. The largest absolute Gasteiger partial charge is 0.385 e. The molecule has 0 aliphatic carbocycles. The van der Waals surface area contributed by atoms with Crippen molar-refractivity contribution in [2.75, 3.05) is 51.3 Å². The Bertz CT molecular complexity index is 525. The molecule has 1 spiro atoms. The molecule has 0 saturated carbocycles. The van der Waals surface area contributed by atoms with E-state index in [4.69, 9.17) is 9.73 Å². The van der Waals surface area contributed by atoms with Gasteiger partial charge < -0.3 is 20.3 Å². The van der Waals surface area contributed by atoms with Crippen molar-refractivity contribution in [2.45, 2.75) is 26.2 Å². The topological polar surface area (TPSA) is 48.9 Å². The van der Waals surface area contributed by atoms with Crippen LogP contribution in [-0.2, 0) is 4.74 Å². The van der Waals surface area contributed by atoms with E-state index in [-0.39, 0.29) is 0 Å². The summed E-state index contributed by atoms with van der Waals surface area (Å²) < 4.78 is 5.63. The molecule has 0 aromatic heterocycles. The van der Waals surface area contributed by atoms with Crippen molar-refractivity contribution in [2.24, 2.45) is 10.4 Å². The fourth-order valence-corrected chi connectivity index (χ4v) is 3.57. The molecule has 2 aliphatic heterocycles. The third-order valence-electron chi connectivity index (χ3n) is 4.96. The van der Waals surface area contributed by atoms with Gasteiger partial charge in [-0.2, -0.15) is 0 Å². The Morgan fingerprint density at radius 2 is 2.17 bits per heavy atom. The van der Waals surface area contributed by atoms with E-state index in [0.717, 1.165) is 58.3 Å². The fourth-order valence-electron chi connectivity index (χ4n) is 3.57. The summed E-state index contributed by atoms with van der Waals surface area (Å²) in [7, 11) is 0. The Hall–Kier alpha value is -1.75. The molecule has 132 valence electrons. The molecule has 2 saturated heterocycles. The summed E-state index contributed by atoms with van der Waals surface area (Å²) in [5.41, 5.74) is 1.56. The van der Waals surface area contributed by atoms with E-state index >= 15 is 0 Å². The third kappa shape index (κ3) is 4.41. The van der Waals surface area contributed by atoms with Crippen LogP contribution in [0.1, 0.15) is 26.2 Å². The molecular formula is C19H30N4O. The van der Waals surface area contributed by atoms with Crippen LogP contribution in [0.25, 0.3) is 0 Å². The van der Waals surface area contributed by atoms with Gasteiger partial charge in [-0.3, -0.25) is 4.99 Å². The maximum Gasteiger partial charge on any atom is 0.193 e. The number of para-hydroxylation sites is 1. The third-order valence-corrected chi connectivity index (χ3v) is 4.96. The average Bonchev–Trinajstić information content (AvgIpc) is 3.25. The quantitative estimate of drug-likeness (QED) is 0.478. The second kappa shape index (κ2) is 8.38. The highest BCUT2D eigenvalue weighted by atomic mass is 16.5. The van der Waals surface area contributed by atoms with Crippen LogP contribution in [0, 0.1) is 5.41 Å². The van der Waals surface area contributed by atoms with Crippen molar-refractivity contribution >= 4 is 11.6 Å². The van der Waals surface area contributed by atoms with Gasteiger partial charge in [0.1, 0.15) is 0 Å². The van der Waals surface area contributed by atoms with Crippen LogP contribution < -0.4 is 10.6 Å². The molecule has 5 heteroatoms. The van der Waals surface area contributed by atoms with E-state index in [1.807, 2.05) is 6.07 Å². The van der Waals surface area contributed by atoms with E-state index < -0.39 is 0 Å². The van der Waals surface area contributed by atoms with Gasteiger partial charge in [-0.25, -0.2) is 0 Å². The number of aliphatic imine (C=N–C) groups is 1. The van der Waals surface area contributed by atoms with Crippen LogP contribution in [0.3, 0.4) is 0 Å². The molecule has 2 aliphatic rings. The van der Waals surface area contributed by atoms with Gasteiger partial charge in [0.2, 0.25) is 0 Å². The zero-order chi connectivity index (χ0) is 16.7. The number of guanidine groups is 1. The zero-order valence-corrected chi connectivity index (χ0v) is 14.8. The van der Waals surface area contributed by atoms with Gasteiger partial charge in [0.15, 0.2) is 5.96 Å². The summed E-state index contributed by atoms with van der Waals surface area (Å²) >= 11 is 0. The van der Waals surface area contributed by atoms with Crippen LogP contribution in [0.15, 0.2) is 35.3 Å². The van der Waals surface area contributed by atoms with Crippen molar-refractivity contribution < 1.29 is 4.74 Å². The van der Waals surface area contributed by atoms with Crippen molar-refractivity contribution in [3.63, 3.8) is 0 Å². The second-order valence-electron chi connectivity index (χ2n) is 6.86. The molecule has 2 heterocycles. The minimum atomic E-state index is 0.380. The Kier molecular flexibility index (Phi) is 5.96. The molecule has 3 rings (SSSR count). The van der Waals surface area contributed by atoms with Gasteiger partial charge in [-0.15, -0.1) is 0 Å². The lowest BCUT2D eigenvalue weighted by molar-refractivity contribution is 0.156. The predicted molar refractivity (Wildman–Crippen MR) is 99.6 cm³/mol. The smallest absolute Gasteiger partial charge is 0.193 e. The highest BCUT2D eigenvalue weighted by molar-refractivity contribution is 5.80. The summed E-state index contributed by atoms with van der Waals surface area (Å²) in [4.78, 5) is 7.25. The number of rotatable bonds is 6. The van der Waals surface area contributed by atoms with Gasteiger partial charge in [-0.1, -0.05) is 18.2 Å². The predicted octanol–water partition coefficient (Wildman–Crippen LogP) is 2.57. The van der Waals surface area contributed by atoms with Crippen LogP contribution >= 0.6 is 0 Å². The number of hydrogen-bond acceptors (Lipinski definition) is 3. The van der Waals surface area contributed by atoms with Crippen LogP contribution in [0.5, 0.6) is 0 Å². The number of benzene rings is 1. The summed E-state index contributed by atoms with van der Waals surface area (Å²) in [5, 5.41) is 6.89. The van der Waals surface area contributed by atoms with E-state index in [0.29, 0.717) is 5.41 Å². The number of anilines is 1. The van der Waals surface area contributed by atoms with E-state index in [1.165, 1.54) is 18.5 Å². The normalized spacial score (nSPS) is 23.9. The first kappa shape index (κ1) is 17.1. The Balaban J connectivity index is 1.45. The number of hydrogen-bond donors (Lipinski definition) is 2. The zero-order valence-electron chi connectivity index (χ0n) is 14.8. The lowest BCUT2D eigenvalue weighted by Gasteiger charge is -2.25. The molecule has 1 aromatic rings. The van der Waals surface area contributed by atoms with E-state index in [9.17, 15) is 0 Å². The fraction of sp³-hybridized carbons (Fsp3) is 0.632. The molecule has 2 fully saturated rings. The van der Waals surface area contributed by atoms with Gasteiger partial charge in [0.05, 0.1) is 6.61 Å². The first-order valence-electron chi connectivity index (χ1n) is 9.21. The molecule has 2 N–H and O–H groups in total. The standard InChI is InChI=1S/C19H30N4O/c1-2-20-18(23-13-9-19(15-23)10-14-24-16-19)22-12-6-11-21-17-7-4-3-5-8-17/h3-5,7-8,21H,2,6,9-16H2,1H3,(H,20,22). The van der Waals surface area contributed by atoms with Crippen LogP contribution in [-0.4, -0.2) is 56.8 Å². The van der Waals surface area contributed by atoms with Crippen molar-refractivity contribution in [3.05, 3.63) is 30.3 Å². The average molecular weight is 330 g/mol. The Morgan fingerprint density at radius 3 is 2.92 bits per heavy atom. The van der Waals surface area contributed by atoms with Gasteiger partial charge in [-0.05, 0) is 38.3 Å². The Morgan fingerprint density at radius 1 is 1.29 bits per heavy atom. The van der Waals surface area contributed by atoms with Gasteiger partial charge >= 0.3 is 0 Å². The molecule has 5 nitrogen and oxygen atoms in total. The number of likely N-dealkylation sites (tertiary alicyclic amines) is 1. The Labute approximate surface area is 145 Å². The molecular weight excluding hydrogens is 300 g/mol. The minimum absolute atomic E-state index is 0.380. The van der Waals surface area contributed by atoms with Gasteiger partial charge in [0, 0.05) is 50.4 Å². The first-order chi connectivity index (χ1) is 11.8. The number of nitrogens with zero attached hydrogens (tertiary/aromatic N) is 2. The monoisotopic (exact) mass is 330 g/mol. The maximum absolute atomic E-state index is 5.63. The summed E-state index contributed by atoms with van der Waals surface area (Å²) in [6.07, 6.45) is 3.46. The molecule has 24 heavy (non-hydrogen) atoms. The first-order valence-corrected chi connectivity index (χ1v) is 9.21. The van der Waals surface area contributed by atoms with Crippen molar-refractivity contribution in [1.82, 2.24) is 10.2 Å². The molecule has 0 radical (unpaired) electrons. The van der Waals surface area contributed by atoms with Crippen LogP contribution in [0.4, 0.5) is 5.69 Å². The minimum Gasteiger partial charge on any atom is -0.385 e. The van der Waals surface area contributed by atoms with Gasteiger partial charge in [0.25, 0.3) is 0 Å². The lowest BCUT2D eigenvalue weighted by Crippen LogP contribution is -2.41. The summed E-state index contributed by atoms with van der Waals surface area (Å²) in [6, 6.07) is 10.3. The van der Waals surface area contributed by atoms with Crippen molar-refractivity contribution in [1.29, 1.82) is 0 Å².